The smallest absolute Gasteiger partial charge is 0.406 e. The quantitative estimate of drug-likeness (QED) is 0.0116. The second-order valence-corrected chi connectivity index (χ2v) is 23.5. The van der Waals surface area contributed by atoms with E-state index in [2.05, 4.69) is 33.9 Å². The average Bonchev–Trinajstić information content (AvgIpc) is 3.86. The monoisotopic (exact) mass is 1180 g/mol. The number of methoxy groups -OCH3 is 1. The highest BCUT2D eigenvalue weighted by atomic mass is 31.2. The molecule has 2 heterocycles. The number of aromatic amines is 1. The van der Waals surface area contributed by atoms with Gasteiger partial charge in [0.2, 0.25) is 0 Å². The Kier molecular flexibility index (Phi) is 41.9. The first kappa shape index (κ1) is 73.5. The minimum atomic E-state index is -4.23. The number of rotatable bonds is 52. The van der Waals surface area contributed by atoms with E-state index in [1.807, 2.05) is 0 Å². The summed E-state index contributed by atoms with van der Waals surface area (Å²) >= 11 is 0. The standard InChI is InChI=1S/C59H103N6O16P/c1-6-8-10-12-14-16-18-20-22-24-26-28-32-36-53(66)76-44-49(45-77-54(67)37-33-29-27-25-23-21-19-17-15-13-11-9-7-2)80-56(69)39-38-55(68)75-40-34-30-31-35-41-78-82(73,63-48(4)58(71)74-5)79-46-51-50(62-64-60)42-52(81-51)65-43-47(3)57(70)61-59(65)72/h43,48-52H,6-42,44-46H2,1-5H3,(H,63,73)(H,61,70,72)/t48?,50-,51+,52+,82?/m0/s1. The molecule has 0 aliphatic carbocycles. The van der Waals surface area contributed by atoms with Gasteiger partial charge in [0.25, 0.3) is 5.56 Å². The summed E-state index contributed by atoms with van der Waals surface area (Å²) in [7, 11) is -3.07. The maximum Gasteiger partial charge on any atom is 0.406 e. The van der Waals surface area contributed by atoms with Crippen LogP contribution in [0.2, 0.25) is 0 Å². The van der Waals surface area contributed by atoms with Gasteiger partial charge >= 0.3 is 43.3 Å². The fourth-order valence-electron chi connectivity index (χ4n) is 9.43. The Morgan fingerprint density at radius 3 is 1.61 bits per heavy atom. The first-order valence-corrected chi connectivity index (χ1v) is 32.6. The Morgan fingerprint density at radius 1 is 0.671 bits per heavy atom. The van der Waals surface area contributed by atoms with Crippen molar-refractivity contribution in [3.8, 4) is 0 Å². The Bertz CT molecular complexity index is 2110. The van der Waals surface area contributed by atoms with E-state index in [4.69, 9.17) is 37.5 Å². The Balaban J connectivity index is 1.78. The van der Waals surface area contributed by atoms with Crippen LogP contribution >= 0.6 is 7.75 Å². The van der Waals surface area contributed by atoms with Crippen LogP contribution in [0.1, 0.15) is 257 Å². The van der Waals surface area contributed by atoms with Crippen molar-refractivity contribution in [3.63, 3.8) is 0 Å². The Hall–Kier alpha value is -4.59. The van der Waals surface area contributed by atoms with Crippen LogP contribution in [0.15, 0.2) is 20.9 Å². The van der Waals surface area contributed by atoms with Gasteiger partial charge in [0, 0.05) is 35.9 Å². The summed E-state index contributed by atoms with van der Waals surface area (Å²) in [4.78, 5) is 92.7. The summed E-state index contributed by atoms with van der Waals surface area (Å²) in [6.07, 6.45) is 31.2. The molecule has 22 nitrogen and oxygen atoms in total. The van der Waals surface area contributed by atoms with Gasteiger partial charge in [-0.3, -0.25) is 47.4 Å². The van der Waals surface area contributed by atoms with Gasteiger partial charge in [-0.25, -0.2) is 14.4 Å². The van der Waals surface area contributed by atoms with E-state index in [0.717, 1.165) is 43.1 Å². The number of H-pyrrole nitrogens is 1. The minimum absolute atomic E-state index is 0.0436. The van der Waals surface area contributed by atoms with E-state index in [0.29, 0.717) is 38.5 Å². The molecule has 0 spiro atoms. The Labute approximate surface area is 487 Å². The number of esters is 5. The van der Waals surface area contributed by atoms with Crippen molar-refractivity contribution in [2.24, 2.45) is 5.11 Å². The van der Waals surface area contributed by atoms with Crippen molar-refractivity contribution in [2.45, 2.75) is 283 Å². The van der Waals surface area contributed by atoms with Crippen LogP contribution in [0.5, 0.6) is 0 Å². The number of aromatic nitrogens is 2. The first-order valence-electron chi connectivity index (χ1n) is 31.1. The first-order chi connectivity index (χ1) is 39.6. The molecule has 23 heteroatoms. The van der Waals surface area contributed by atoms with E-state index < -0.39 is 86.0 Å². The SMILES string of the molecule is CCCCCCCCCCCCCCCC(=O)OCC(COC(=O)CCCCCCCCCCCCCCC)OC(=O)CCC(=O)OCCCCCCOP(=O)(NC(C)C(=O)OC)OC[C@H]1O[C@@H](n2cc(C)c(=O)[nH]c2=O)C[C@@H]1N=[N+]=[N-]. The molecule has 0 bridgehead atoms. The van der Waals surface area contributed by atoms with Gasteiger partial charge in [0.1, 0.15) is 25.5 Å². The summed E-state index contributed by atoms with van der Waals surface area (Å²) in [6, 6.07) is -1.96. The van der Waals surface area contributed by atoms with Gasteiger partial charge in [0.05, 0.1) is 51.9 Å². The van der Waals surface area contributed by atoms with Crippen LogP contribution in [0.3, 0.4) is 0 Å². The molecular weight excluding hydrogens is 1080 g/mol. The number of hydrogen-bond acceptors (Lipinski definition) is 17. The lowest BCUT2D eigenvalue weighted by Gasteiger charge is -2.24. The number of unbranched alkanes of at least 4 members (excludes halogenated alkanes) is 27. The van der Waals surface area contributed by atoms with Gasteiger partial charge in [0.15, 0.2) is 6.10 Å². The van der Waals surface area contributed by atoms with Crippen molar-refractivity contribution < 1.29 is 66.0 Å². The molecular formula is C59H103N6O16P. The van der Waals surface area contributed by atoms with Gasteiger partial charge < -0.3 is 28.4 Å². The lowest BCUT2D eigenvalue weighted by molar-refractivity contribution is -0.167. The zero-order valence-electron chi connectivity index (χ0n) is 50.5. The molecule has 1 fully saturated rings. The molecule has 2 rings (SSSR count). The number of nitrogens with zero attached hydrogens (tertiary/aromatic N) is 4. The third-order valence-corrected chi connectivity index (χ3v) is 16.1. The van der Waals surface area contributed by atoms with Gasteiger partial charge in [-0.15, -0.1) is 0 Å². The van der Waals surface area contributed by atoms with Crippen LogP contribution < -0.4 is 16.3 Å². The minimum Gasteiger partial charge on any atom is -0.468 e. The van der Waals surface area contributed by atoms with Crippen molar-refractivity contribution in [2.75, 3.05) is 40.1 Å². The highest BCUT2D eigenvalue weighted by molar-refractivity contribution is 7.51. The van der Waals surface area contributed by atoms with Gasteiger partial charge in [-0.2, -0.15) is 0 Å². The van der Waals surface area contributed by atoms with E-state index in [1.54, 1.807) is 0 Å². The molecule has 5 atom stereocenters. The summed E-state index contributed by atoms with van der Waals surface area (Å²) in [5.74, 6) is -2.92. The zero-order chi connectivity index (χ0) is 60.1. The maximum atomic E-state index is 13.9. The molecule has 2 N–H and O–H groups in total. The number of azide groups is 1. The second-order valence-electron chi connectivity index (χ2n) is 21.7. The molecule has 1 aromatic rings. The summed E-state index contributed by atoms with van der Waals surface area (Å²) in [5, 5.41) is 6.30. The third kappa shape index (κ3) is 35.5. The molecule has 1 aromatic heterocycles. The number of aryl methyl sites for hydroxylation is 1. The van der Waals surface area contributed by atoms with Crippen molar-refractivity contribution >= 4 is 37.6 Å². The van der Waals surface area contributed by atoms with Crippen molar-refractivity contribution in [1.82, 2.24) is 14.6 Å². The van der Waals surface area contributed by atoms with Crippen LogP contribution in [0.25, 0.3) is 10.4 Å². The van der Waals surface area contributed by atoms with Crippen molar-refractivity contribution in [1.29, 1.82) is 0 Å². The van der Waals surface area contributed by atoms with E-state index in [1.165, 1.54) is 143 Å². The maximum absolute atomic E-state index is 13.9. The summed E-state index contributed by atoms with van der Waals surface area (Å²) in [5.41, 5.74) is 8.16. The molecule has 1 saturated heterocycles. The molecule has 1 aliphatic heterocycles. The number of carbonyl (C=O) groups is 5. The van der Waals surface area contributed by atoms with E-state index in [9.17, 15) is 43.7 Å². The van der Waals surface area contributed by atoms with Crippen LogP contribution in [0.4, 0.5) is 0 Å². The molecule has 1 aliphatic rings. The van der Waals surface area contributed by atoms with Crippen molar-refractivity contribution in [3.05, 3.63) is 43.0 Å². The number of ether oxygens (including phenoxy) is 6. The lowest BCUT2D eigenvalue weighted by atomic mass is 10.0. The average molecular weight is 1180 g/mol. The molecule has 82 heavy (non-hydrogen) atoms. The predicted octanol–water partition coefficient (Wildman–Crippen LogP) is 12.9. The molecule has 470 valence electrons. The summed E-state index contributed by atoms with van der Waals surface area (Å²) < 4.78 is 59.0. The highest BCUT2D eigenvalue weighted by Gasteiger charge is 2.39. The third-order valence-electron chi connectivity index (χ3n) is 14.4. The molecule has 0 amide bonds. The fraction of sp³-hybridized carbons (Fsp3) is 0.847. The lowest BCUT2D eigenvalue weighted by Crippen LogP contribution is -2.35. The second kappa shape index (κ2) is 46.7. The van der Waals surface area contributed by atoms with E-state index >= 15 is 0 Å². The van der Waals surface area contributed by atoms with E-state index in [-0.39, 0.29) is 64.1 Å². The van der Waals surface area contributed by atoms with Crippen LogP contribution in [-0.2, 0) is 66.0 Å². The zero-order valence-corrected chi connectivity index (χ0v) is 51.4. The normalized spacial score (nSPS) is 16.0. The number of hydrogen-bond donors (Lipinski definition) is 2. The van der Waals surface area contributed by atoms with Crippen LogP contribution in [0, 0.1) is 6.92 Å². The van der Waals surface area contributed by atoms with Gasteiger partial charge in [-0.05, 0) is 51.5 Å². The topological polar surface area (TPSA) is 292 Å². The Morgan fingerprint density at radius 2 is 1.12 bits per heavy atom. The predicted molar refractivity (Wildman–Crippen MR) is 313 cm³/mol. The largest absolute Gasteiger partial charge is 0.468 e. The molecule has 0 aromatic carbocycles. The molecule has 2 unspecified atom stereocenters. The number of carbonyl (C=O) groups excluding carboxylic acids is 5. The molecule has 0 saturated carbocycles. The number of nitrogens with one attached hydrogen (secondary N) is 2. The summed E-state index contributed by atoms with van der Waals surface area (Å²) in [6.45, 7) is 6.40. The van der Waals surface area contributed by atoms with Crippen LogP contribution in [-0.4, -0.2) is 104 Å². The fourth-order valence-corrected chi connectivity index (χ4v) is 10.9. The van der Waals surface area contributed by atoms with Gasteiger partial charge in [-0.1, -0.05) is 179 Å². The molecule has 0 radical (unpaired) electrons. The highest BCUT2D eigenvalue weighted by Crippen LogP contribution is 2.46.